The fraction of sp³-hybridized carbons (Fsp3) is 0.462. The predicted octanol–water partition coefficient (Wildman–Crippen LogP) is 3.55. The topological polar surface area (TPSA) is 74.8 Å². The molecule has 0 N–H and O–H groups in total. The van der Waals surface area contributed by atoms with Crippen LogP contribution in [0.1, 0.15) is 42.4 Å². The second-order valence-electron chi connectivity index (χ2n) is 9.11. The monoisotopic (exact) mass is 488 g/mol. The van der Waals surface area contributed by atoms with Gasteiger partial charge in [0.05, 0.1) is 18.0 Å². The van der Waals surface area contributed by atoms with Crippen molar-refractivity contribution in [2.24, 2.45) is 0 Å². The lowest BCUT2D eigenvalue weighted by molar-refractivity contribution is -0.121. The summed E-state index contributed by atoms with van der Waals surface area (Å²) in [5, 5.41) is 0. The van der Waals surface area contributed by atoms with Gasteiger partial charge >= 0.3 is 0 Å². The van der Waals surface area contributed by atoms with Gasteiger partial charge in [-0.2, -0.15) is 4.31 Å². The lowest BCUT2D eigenvalue weighted by atomic mass is 10.1. The van der Waals surface area contributed by atoms with E-state index in [2.05, 4.69) is 0 Å². The van der Waals surface area contributed by atoms with Crippen molar-refractivity contribution >= 4 is 21.6 Å². The number of nitrogens with zero attached hydrogens (tertiary/aromatic N) is 2. The quantitative estimate of drug-likeness (QED) is 0.511. The molecule has 1 aliphatic rings. The highest BCUT2D eigenvalue weighted by Gasteiger charge is 2.27. The zero-order valence-electron chi connectivity index (χ0n) is 19.9. The average molecular weight is 489 g/mol. The minimum absolute atomic E-state index is 0.0269. The van der Waals surface area contributed by atoms with E-state index in [1.165, 1.54) is 6.07 Å². The summed E-state index contributed by atoms with van der Waals surface area (Å²) < 4.78 is 41.8. The number of sulfonamides is 1. The van der Waals surface area contributed by atoms with Crippen molar-refractivity contribution in [2.75, 3.05) is 33.2 Å². The molecular formula is C26H33FN2O4S. The summed E-state index contributed by atoms with van der Waals surface area (Å²) in [5.74, 6) is -0.718. The van der Waals surface area contributed by atoms with Crippen LogP contribution in [0.4, 0.5) is 4.39 Å². The zero-order valence-corrected chi connectivity index (χ0v) is 20.7. The summed E-state index contributed by atoms with van der Waals surface area (Å²) in [6, 6.07) is 11.3. The van der Waals surface area contributed by atoms with Crippen molar-refractivity contribution in [2.45, 2.75) is 50.3 Å². The van der Waals surface area contributed by atoms with Crippen molar-refractivity contribution < 1.29 is 22.4 Å². The third kappa shape index (κ3) is 7.04. The molecule has 0 radical (unpaired) electrons. The Labute approximate surface area is 201 Å². The Balaban J connectivity index is 1.60. The molecule has 0 aliphatic carbocycles. The first-order chi connectivity index (χ1) is 16.2. The molecule has 8 heteroatoms. The van der Waals surface area contributed by atoms with Crippen LogP contribution in [0.3, 0.4) is 0 Å². The molecule has 34 heavy (non-hydrogen) atoms. The number of carbonyl (C=O) groups is 2. The second-order valence-corrected chi connectivity index (χ2v) is 11.0. The van der Waals surface area contributed by atoms with Crippen LogP contribution < -0.4 is 0 Å². The minimum atomic E-state index is -3.61. The van der Waals surface area contributed by atoms with E-state index in [1.807, 2.05) is 0 Å². The second kappa shape index (κ2) is 11.8. The van der Waals surface area contributed by atoms with Gasteiger partial charge in [0.25, 0.3) is 0 Å². The van der Waals surface area contributed by atoms with E-state index in [9.17, 15) is 22.4 Å². The lowest BCUT2D eigenvalue weighted by Gasteiger charge is -2.21. The Morgan fingerprint density at radius 2 is 1.56 bits per heavy atom. The molecule has 1 fully saturated rings. The largest absolute Gasteiger partial charge is 0.298 e. The molecule has 3 rings (SSSR count). The molecule has 184 valence electrons. The van der Waals surface area contributed by atoms with Gasteiger partial charge in [-0.25, -0.2) is 12.8 Å². The number of halogens is 1. The zero-order chi connectivity index (χ0) is 24.7. The fourth-order valence-corrected chi connectivity index (χ4v) is 6.10. The highest BCUT2D eigenvalue weighted by atomic mass is 32.2. The highest BCUT2D eigenvalue weighted by Crippen LogP contribution is 2.24. The van der Waals surface area contributed by atoms with Crippen LogP contribution in [0.15, 0.2) is 47.4 Å². The number of rotatable bonds is 10. The smallest absolute Gasteiger partial charge is 0.243 e. The molecule has 2 aromatic carbocycles. The molecule has 1 heterocycles. The molecule has 1 aliphatic heterocycles. The van der Waals surface area contributed by atoms with Crippen molar-refractivity contribution in [3.05, 3.63) is 65.0 Å². The minimum Gasteiger partial charge on any atom is -0.298 e. The van der Waals surface area contributed by atoms with Crippen molar-refractivity contribution in [1.29, 1.82) is 0 Å². The van der Waals surface area contributed by atoms with Gasteiger partial charge in [0.1, 0.15) is 5.82 Å². The van der Waals surface area contributed by atoms with E-state index in [0.717, 1.165) is 25.7 Å². The van der Waals surface area contributed by atoms with E-state index in [0.29, 0.717) is 29.8 Å². The van der Waals surface area contributed by atoms with Crippen LogP contribution in [0, 0.1) is 12.7 Å². The van der Waals surface area contributed by atoms with Crippen LogP contribution >= 0.6 is 0 Å². The van der Waals surface area contributed by atoms with Gasteiger partial charge in [0.15, 0.2) is 11.6 Å². The summed E-state index contributed by atoms with van der Waals surface area (Å²) in [5.41, 5.74) is 1.64. The first-order valence-corrected chi connectivity index (χ1v) is 13.2. The Hall–Kier alpha value is -2.42. The maximum Gasteiger partial charge on any atom is 0.243 e. The summed E-state index contributed by atoms with van der Waals surface area (Å²) in [6.45, 7) is 2.90. The van der Waals surface area contributed by atoms with Crippen LogP contribution in [-0.2, 0) is 32.5 Å². The van der Waals surface area contributed by atoms with E-state index in [4.69, 9.17) is 0 Å². The molecule has 2 aromatic rings. The third-order valence-corrected chi connectivity index (χ3v) is 8.12. The van der Waals surface area contributed by atoms with E-state index < -0.39 is 15.8 Å². The van der Waals surface area contributed by atoms with Crippen LogP contribution in [-0.4, -0.2) is 62.4 Å². The number of aryl methyl sites for hydroxylation is 1. The van der Waals surface area contributed by atoms with Gasteiger partial charge in [-0.1, -0.05) is 43.2 Å². The maximum atomic E-state index is 13.8. The third-order valence-electron chi connectivity index (χ3n) is 6.07. The van der Waals surface area contributed by atoms with Gasteiger partial charge < -0.3 is 0 Å². The molecule has 0 saturated carbocycles. The van der Waals surface area contributed by atoms with Crippen molar-refractivity contribution in [1.82, 2.24) is 9.21 Å². The predicted molar refractivity (Wildman–Crippen MR) is 130 cm³/mol. The SMILES string of the molecule is Cc1ccc(CC(=O)CN(C)CC(=O)Cc2ccccc2F)cc1S(=O)(=O)N1CCCCCC1. The molecule has 6 nitrogen and oxygen atoms in total. The summed E-state index contributed by atoms with van der Waals surface area (Å²) in [6.07, 6.45) is 3.85. The number of ketones is 2. The summed E-state index contributed by atoms with van der Waals surface area (Å²) in [7, 11) is -1.94. The lowest BCUT2D eigenvalue weighted by Crippen LogP contribution is -2.33. The molecular weight excluding hydrogens is 455 g/mol. The number of likely N-dealkylation sites (N-methyl/N-ethyl adjacent to an activating group) is 1. The molecule has 0 bridgehead atoms. The molecule has 1 saturated heterocycles. The van der Waals surface area contributed by atoms with Gasteiger partial charge in [0.2, 0.25) is 10.0 Å². The van der Waals surface area contributed by atoms with Crippen molar-refractivity contribution in [3.63, 3.8) is 0 Å². The highest BCUT2D eigenvalue weighted by molar-refractivity contribution is 7.89. The number of carbonyl (C=O) groups excluding carboxylic acids is 2. The van der Waals surface area contributed by atoms with Crippen molar-refractivity contribution in [3.8, 4) is 0 Å². The van der Waals surface area contributed by atoms with Gasteiger partial charge in [-0.15, -0.1) is 0 Å². The Kier molecular flexibility index (Phi) is 9.10. The van der Waals surface area contributed by atoms with E-state index in [1.54, 1.807) is 59.6 Å². The number of Topliss-reactive ketones (excluding diaryl/α,β-unsaturated/α-hetero) is 2. The molecule has 0 spiro atoms. The Morgan fingerprint density at radius 1 is 0.941 bits per heavy atom. The van der Waals surface area contributed by atoms with E-state index in [-0.39, 0.29) is 42.4 Å². The number of hydrogen-bond donors (Lipinski definition) is 0. The van der Waals surface area contributed by atoms with Crippen LogP contribution in [0.2, 0.25) is 0 Å². The molecule has 0 atom stereocenters. The van der Waals surface area contributed by atoms with E-state index >= 15 is 0 Å². The van der Waals surface area contributed by atoms with Crippen LogP contribution in [0.25, 0.3) is 0 Å². The van der Waals surface area contributed by atoms with Gasteiger partial charge in [0, 0.05) is 25.9 Å². The Morgan fingerprint density at radius 3 is 2.21 bits per heavy atom. The number of hydrogen-bond acceptors (Lipinski definition) is 5. The number of benzene rings is 2. The van der Waals surface area contributed by atoms with Crippen LogP contribution in [0.5, 0.6) is 0 Å². The fourth-order valence-electron chi connectivity index (χ4n) is 4.31. The molecule has 0 amide bonds. The average Bonchev–Trinajstić information content (AvgIpc) is 3.06. The Bertz CT molecular complexity index is 1130. The molecule has 0 unspecified atom stereocenters. The normalized spacial score (nSPS) is 15.3. The summed E-state index contributed by atoms with van der Waals surface area (Å²) in [4.78, 5) is 26.8. The van der Waals surface area contributed by atoms with Gasteiger partial charge in [-0.3, -0.25) is 14.5 Å². The molecule has 0 aromatic heterocycles. The standard InChI is InChI=1S/C26H33FN2O4S/c1-20-11-12-21(16-26(20)34(32,33)29-13-7-3-4-8-14-29)15-23(30)18-28(2)19-24(31)17-22-9-5-6-10-25(22)27/h5-6,9-12,16H,3-4,7-8,13-15,17-19H2,1-2H3. The maximum absolute atomic E-state index is 13.8. The first kappa shape index (κ1) is 26.2. The first-order valence-electron chi connectivity index (χ1n) is 11.7. The summed E-state index contributed by atoms with van der Waals surface area (Å²) >= 11 is 0. The van der Waals surface area contributed by atoms with Gasteiger partial charge in [-0.05, 0) is 55.6 Å².